The maximum atomic E-state index is 14.5. The maximum absolute atomic E-state index is 14.5. The van der Waals surface area contributed by atoms with Crippen molar-refractivity contribution in [1.29, 1.82) is 0 Å². The molecule has 3 aliphatic rings. The van der Waals surface area contributed by atoms with Crippen molar-refractivity contribution < 1.29 is 21.5 Å². The number of carbonyl (C=O) groups is 1. The Balaban J connectivity index is 1.38. The van der Waals surface area contributed by atoms with E-state index < -0.39 is 16.2 Å². The van der Waals surface area contributed by atoms with Crippen molar-refractivity contribution in [2.75, 3.05) is 0 Å². The molecule has 0 bridgehead atoms. The van der Waals surface area contributed by atoms with Crippen LogP contribution in [0.4, 0.5) is 14.0 Å². The molecule has 0 amide bonds. The quantitative estimate of drug-likeness (QED) is 0.526. The van der Waals surface area contributed by atoms with Crippen LogP contribution in [-0.2, 0) is 21.6 Å². The second-order valence-electron chi connectivity index (χ2n) is 9.26. The van der Waals surface area contributed by atoms with Gasteiger partial charge in [0.15, 0.2) is 0 Å². The number of hydrogen-bond acceptors (Lipinski definition) is 4. The Hall–Kier alpha value is -2.28. The SMILES string of the molecule is C[C@]12CC[C@@H]3c4ccc(OS(=O)(F)=Nc5ccc(F)cc5)cc4CC[C@H]3C1CCC2=O. The van der Waals surface area contributed by atoms with Gasteiger partial charge in [-0.1, -0.05) is 16.9 Å². The summed E-state index contributed by atoms with van der Waals surface area (Å²) >= 11 is 0. The molecule has 2 fully saturated rings. The highest BCUT2D eigenvalue weighted by molar-refractivity contribution is 7.84. The molecule has 31 heavy (non-hydrogen) atoms. The highest BCUT2D eigenvalue weighted by Crippen LogP contribution is 2.59. The lowest BCUT2D eigenvalue weighted by molar-refractivity contribution is -0.129. The van der Waals surface area contributed by atoms with Crippen molar-refractivity contribution in [3.63, 3.8) is 0 Å². The van der Waals surface area contributed by atoms with E-state index in [1.807, 2.05) is 6.07 Å². The first-order chi connectivity index (χ1) is 14.7. The van der Waals surface area contributed by atoms with Crippen LogP contribution in [0, 0.1) is 23.1 Å². The van der Waals surface area contributed by atoms with Crippen molar-refractivity contribution in [2.45, 2.75) is 51.4 Å². The van der Waals surface area contributed by atoms with Gasteiger partial charge in [0.1, 0.15) is 17.3 Å². The summed E-state index contributed by atoms with van der Waals surface area (Å²) in [4.78, 5) is 12.5. The van der Waals surface area contributed by atoms with Gasteiger partial charge in [0.05, 0.1) is 5.69 Å². The largest absolute Gasteiger partial charge is 0.382 e. The van der Waals surface area contributed by atoms with E-state index in [-0.39, 0.29) is 16.9 Å². The third kappa shape index (κ3) is 3.67. The first-order valence-electron chi connectivity index (χ1n) is 10.8. The molecule has 164 valence electrons. The zero-order valence-electron chi connectivity index (χ0n) is 17.4. The number of halogens is 2. The molecule has 5 atom stereocenters. The Morgan fingerprint density at radius 2 is 1.87 bits per heavy atom. The number of nitrogens with zero attached hydrogens (tertiary/aromatic N) is 1. The normalized spacial score (nSPS) is 31.2. The van der Waals surface area contributed by atoms with Crippen LogP contribution in [0.2, 0.25) is 0 Å². The van der Waals surface area contributed by atoms with Crippen molar-refractivity contribution in [1.82, 2.24) is 0 Å². The fourth-order valence-corrected chi connectivity index (χ4v) is 6.90. The summed E-state index contributed by atoms with van der Waals surface area (Å²) < 4.78 is 48.3. The Bertz CT molecular complexity index is 1160. The molecule has 5 rings (SSSR count). The number of carbonyl (C=O) groups excluding carboxylic acids is 1. The molecule has 0 saturated heterocycles. The fraction of sp³-hybridized carbons (Fsp3) is 0.458. The summed E-state index contributed by atoms with van der Waals surface area (Å²) in [6, 6.07) is 10.1. The number of hydrogen-bond donors (Lipinski definition) is 0. The Kier molecular flexibility index (Phi) is 4.92. The molecule has 0 radical (unpaired) electrons. The first-order valence-corrected chi connectivity index (χ1v) is 12.2. The average Bonchev–Trinajstić information content (AvgIpc) is 3.03. The van der Waals surface area contributed by atoms with Gasteiger partial charge < -0.3 is 4.18 Å². The average molecular weight is 446 g/mol. The third-order valence-corrected chi connectivity index (χ3v) is 8.47. The zero-order valence-corrected chi connectivity index (χ0v) is 18.2. The minimum Gasteiger partial charge on any atom is -0.373 e. The number of benzene rings is 2. The maximum Gasteiger partial charge on any atom is 0.382 e. The van der Waals surface area contributed by atoms with Gasteiger partial charge in [-0.05, 0) is 97.4 Å². The molecule has 0 N–H and O–H groups in total. The van der Waals surface area contributed by atoms with Crippen LogP contribution in [0.5, 0.6) is 5.75 Å². The Labute approximate surface area is 181 Å². The molecule has 4 nitrogen and oxygen atoms in total. The summed E-state index contributed by atoms with van der Waals surface area (Å²) in [5.41, 5.74) is 2.21. The summed E-state index contributed by atoms with van der Waals surface area (Å²) in [6.45, 7) is 2.15. The van der Waals surface area contributed by atoms with E-state index in [1.165, 1.54) is 17.7 Å². The van der Waals surface area contributed by atoms with Gasteiger partial charge in [0.2, 0.25) is 0 Å². The molecule has 2 aromatic rings. The first kappa shape index (κ1) is 20.6. The molecule has 0 heterocycles. The van der Waals surface area contributed by atoms with Crippen LogP contribution in [-0.4, -0.2) is 9.99 Å². The molecular formula is C24H25F2NO3S. The highest BCUT2D eigenvalue weighted by atomic mass is 32.3. The second kappa shape index (κ2) is 7.40. The van der Waals surface area contributed by atoms with Crippen LogP contribution in [0.1, 0.15) is 56.1 Å². The molecule has 0 aliphatic heterocycles. The monoisotopic (exact) mass is 445 g/mol. The van der Waals surface area contributed by atoms with Crippen molar-refractivity contribution in [2.24, 2.45) is 21.6 Å². The van der Waals surface area contributed by atoms with Gasteiger partial charge in [-0.15, -0.1) is 4.36 Å². The number of aryl methyl sites for hydroxylation is 1. The van der Waals surface area contributed by atoms with Gasteiger partial charge >= 0.3 is 10.4 Å². The van der Waals surface area contributed by atoms with E-state index in [9.17, 15) is 17.3 Å². The Morgan fingerprint density at radius 3 is 2.65 bits per heavy atom. The van der Waals surface area contributed by atoms with Crippen molar-refractivity contribution >= 4 is 21.9 Å². The number of rotatable bonds is 3. The van der Waals surface area contributed by atoms with E-state index in [4.69, 9.17) is 4.18 Å². The van der Waals surface area contributed by atoms with Gasteiger partial charge in [0.25, 0.3) is 0 Å². The summed E-state index contributed by atoms with van der Waals surface area (Å²) in [7, 11) is -4.46. The molecule has 0 spiro atoms. The lowest BCUT2D eigenvalue weighted by Crippen LogP contribution is -2.42. The van der Waals surface area contributed by atoms with E-state index in [0.717, 1.165) is 49.8 Å². The minimum atomic E-state index is -4.46. The van der Waals surface area contributed by atoms with Gasteiger partial charge in [-0.3, -0.25) is 4.79 Å². The van der Waals surface area contributed by atoms with Gasteiger partial charge in [-0.2, -0.15) is 4.21 Å². The highest BCUT2D eigenvalue weighted by Gasteiger charge is 2.54. The number of Topliss-reactive ketones (excluding diaryl/α,β-unsaturated/α-hetero) is 1. The van der Waals surface area contributed by atoms with Crippen LogP contribution < -0.4 is 4.18 Å². The van der Waals surface area contributed by atoms with Crippen LogP contribution >= 0.6 is 0 Å². The molecule has 0 aromatic heterocycles. The van der Waals surface area contributed by atoms with Crippen molar-refractivity contribution in [3.8, 4) is 5.75 Å². The van der Waals surface area contributed by atoms with Crippen LogP contribution in [0.3, 0.4) is 0 Å². The summed E-state index contributed by atoms with van der Waals surface area (Å²) in [5, 5.41) is 0. The minimum absolute atomic E-state index is 0.0473. The summed E-state index contributed by atoms with van der Waals surface area (Å²) in [6.07, 6.45) is 5.42. The molecular weight excluding hydrogens is 420 g/mol. The van der Waals surface area contributed by atoms with Crippen molar-refractivity contribution in [3.05, 3.63) is 59.4 Å². The van der Waals surface area contributed by atoms with Crippen LogP contribution in [0.15, 0.2) is 46.8 Å². The standard InChI is InChI=1S/C24H25F2NO3S/c1-24-13-12-20-19-9-7-18(30-31(26,29)27-17-5-3-16(25)4-6-17)14-15(19)2-8-21(20)22(24)10-11-23(24)28/h3-7,9,14,20-22H,2,8,10-13H2,1H3/t20-,21-,22?,24+,31?/m1/s1. The smallest absolute Gasteiger partial charge is 0.373 e. The predicted molar refractivity (Wildman–Crippen MR) is 114 cm³/mol. The summed E-state index contributed by atoms with van der Waals surface area (Å²) in [5.74, 6) is 1.47. The van der Waals surface area contributed by atoms with E-state index in [2.05, 4.69) is 11.3 Å². The van der Waals surface area contributed by atoms with Crippen LogP contribution in [0.25, 0.3) is 0 Å². The molecule has 3 aliphatic carbocycles. The second-order valence-corrected chi connectivity index (χ2v) is 10.4. The molecule has 7 heteroatoms. The number of ketones is 1. The molecule has 2 unspecified atom stereocenters. The topological polar surface area (TPSA) is 55.7 Å². The fourth-order valence-electron chi connectivity index (χ4n) is 6.15. The number of fused-ring (bicyclic) bond motifs is 5. The van der Waals surface area contributed by atoms with Gasteiger partial charge in [0, 0.05) is 11.8 Å². The molecule has 2 aromatic carbocycles. The van der Waals surface area contributed by atoms with E-state index in [1.54, 1.807) is 12.1 Å². The van der Waals surface area contributed by atoms with E-state index >= 15 is 0 Å². The van der Waals surface area contributed by atoms with Gasteiger partial charge in [-0.25, -0.2) is 4.39 Å². The third-order valence-electron chi connectivity index (χ3n) is 7.65. The zero-order chi connectivity index (χ0) is 21.8. The lowest BCUT2D eigenvalue weighted by atomic mass is 9.55. The Morgan fingerprint density at radius 1 is 1.10 bits per heavy atom. The lowest BCUT2D eigenvalue weighted by Gasteiger charge is -2.48. The van der Waals surface area contributed by atoms with E-state index in [0.29, 0.717) is 30.0 Å². The molecule has 2 saturated carbocycles. The predicted octanol–water partition coefficient (Wildman–Crippen LogP) is 6.23.